The van der Waals surface area contributed by atoms with Gasteiger partial charge in [-0.1, -0.05) is 26.0 Å². The molecule has 3 aliphatic carbocycles. The molecule has 2 bridgehead atoms. The Kier molecular flexibility index (Phi) is 2.00. The van der Waals surface area contributed by atoms with Crippen LogP contribution in [0, 0.1) is 35.5 Å². The van der Waals surface area contributed by atoms with E-state index in [4.69, 9.17) is 0 Å². The zero-order valence-electron chi connectivity index (χ0n) is 9.45. The molecule has 14 heavy (non-hydrogen) atoms. The second-order valence-corrected chi connectivity index (χ2v) is 6.13. The Balaban J connectivity index is 1.70. The highest BCUT2D eigenvalue weighted by Crippen LogP contribution is 2.52. The zero-order valence-corrected chi connectivity index (χ0v) is 9.45. The van der Waals surface area contributed by atoms with Gasteiger partial charge in [0.25, 0.3) is 0 Å². The highest BCUT2D eigenvalue weighted by Gasteiger charge is 2.43. The van der Waals surface area contributed by atoms with Gasteiger partial charge in [-0.3, -0.25) is 0 Å². The van der Waals surface area contributed by atoms with E-state index in [1.165, 1.54) is 25.7 Å². The van der Waals surface area contributed by atoms with Crippen molar-refractivity contribution in [3.63, 3.8) is 0 Å². The molecule has 0 nitrogen and oxygen atoms in total. The lowest BCUT2D eigenvalue weighted by Crippen LogP contribution is -2.16. The van der Waals surface area contributed by atoms with E-state index in [0.717, 1.165) is 35.5 Å². The lowest BCUT2D eigenvalue weighted by molar-refractivity contribution is 0.284. The first-order valence-corrected chi connectivity index (χ1v) is 6.42. The van der Waals surface area contributed by atoms with Crippen molar-refractivity contribution in [1.82, 2.24) is 0 Å². The second-order valence-electron chi connectivity index (χ2n) is 6.13. The van der Waals surface area contributed by atoms with Gasteiger partial charge in [-0.25, -0.2) is 0 Å². The molecule has 0 saturated heterocycles. The van der Waals surface area contributed by atoms with E-state index in [0.29, 0.717) is 0 Å². The van der Waals surface area contributed by atoms with Crippen molar-refractivity contribution in [2.45, 2.75) is 39.5 Å². The van der Waals surface area contributed by atoms with Crippen molar-refractivity contribution < 1.29 is 0 Å². The lowest BCUT2D eigenvalue weighted by Gasteiger charge is -2.25. The molecule has 5 unspecified atom stereocenters. The lowest BCUT2D eigenvalue weighted by atomic mass is 9.80. The first-order chi connectivity index (χ1) is 6.74. The average molecular weight is 190 g/mol. The summed E-state index contributed by atoms with van der Waals surface area (Å²) in [5, 5.41) is 0. The van der Waals surface area contributed by atoms with Crippen molar-refractivity contribution in [3.05, 3.63) is 12.2 Å². The molecule has 2 saturated carbocycles. The zero-order chi connectivity index (χ0) is 9.71. The van der Waals surface area contributed by atoms with Crippen LogP contribution in [0.15, 0.2) is 12.2 Å². The molecule has 5 atom stereocenters. The van der Waals surface area contributed by atoms with Gasteiger partial charge in [0, 0.05) is 0 Å². The fourth-order valence-corrected chi connectivity index (χ4v) is 4.23. The molecule has 0 heterocycles. The molecule has 0 aliphatic heterocycles. The summed E-state index contributed by atoms with van der Waals surface area (Å²) in [6.45, 7) is 4.90. The predicted molar refractivity (Wildman–Crippen MR) is 59.9 cm³/mol. The van der Waals surface area contributed by atoms with Gasteiger partial charge in [-0.15, -0.1) is 0 Å². The van der Waals surface area contributed by atoms with Crippen LogP contribution in [0.3, 0.4) is 0 Å². The van der Waals surface area contributed by atoms with E-state index in [9.17, 15) is 0 Å². The van der Waals surface area contributed by atoms with E-state index in [-0.39, 0.29) is 0 Å². The van der Waals surface area contributed by atoms with Crippen molar-refractivity contribution in [2.75, 3.05) is 0 Å². The fourth-order valence-electron chi connectivity index (χ4n) is 4.23. The molecule has 2 fully saturated rings. The Labute approximate surface area is 87.8 Å². The molecule has 3 aliphatic rings. The van der Waals surface area contributed by atoms with Gasteiger partial charge in [0.1, 0.15) is 0 Å². The Morgan fingerprint density at radius 3 is 2.07 bits per heavy atom. The third-order valence-corrected chi connectivity index (χ3v) is 5.26. The van der Waals surface area contributed by atoms with Crippen molar-refractivity contribution in [1.29, 1.82) is 0 Å². The van der Waals surface area contributed by atoms with Gasteiger partial charge >= 0.3 is 0 Å². The minimum atomic E-state index is 0.969. The molecule has 0 amide bonds. The quantitative estimate of drug-likeness (QED) is 0.550. The van der Waals surface area contributed by atoms with Crippen molar-refractivity contribution >= 4 is 0 Å². The summed E-state index contributed by atoms with van der Waals surface area (Å²) in [4.78, 5) is 0. The van der Waals surface area contributed by atoms with Crippen LogP contribution in [0.1, 0.15) is 39.5 Å². The molecular weight excluding hydrogens is 168 g/mol. The molecule has 0 aromatic rings. The average Bonchev–Trinajstić information content (AvgIpc) is 2.82. The molecule has 0 N–H and O–H groups in total. The summed E-state index contributed by atoms with van der Waals surface area (Å²) in [6, 6.07) is 0. The van der Waals surface area contributed by atoms with E-state index in [2.05, 4.69) is 26.0 Å². The Morgan fingerprint density at radius 1 is 0.857 bits per heavy atom. The summed E-state index contributed by atoms with van der Waals surface area (Å²) in [6.07, 6.45) is 11.0. The first kappa shape index (κ1) is 9.00. The third kappa shape index (κ3) is 1.26. The van der Waals surface area contributed by atoms with E-state index in [1.54, 1.807) is 0 Å². The van der Waals surface area contributed by atoms with Gasteiger partial charge in [-0.2, -0.15) is 0 Å². The maximum Gasteiger partial charge on any atom is -0.0197 e. The minimum absolute atomic E-state index is 0.969. The number of fused-ring (bicyclic) bond motifs is 2. The summed E-state index contributed by atoms with van der Waals surface area (Å²) >= 11 is 0. The second kappa shape index (κ2) is 3.12. The summed E-state index contributed by atoms with van der Waals surface area (Å²) in [5.41, 5.74) is 0. The largest absolute Gasteiger partial charge is 0.0851 e. The van der Waals surface area contributed by atoms with Crippen LogP contribution >= 0.6 is 0 Å². The predicted octanol–water partition coefficient (Wildman–Crippen LogP) is 3.88. The number of hydrogen-bond acceptors (Lipinski definition) is 0. The number of allylic oxidation sites excluding steroid dienone is 2. The standard InChI is InChI=1S/C14H22/c1-9-5-13(6-10(9)2)14-8-11-3-4-12(14)7-11/h3-4,9-14H,5-8H2,1-2H3. The van der Waals surface area contributed by atoms with Gasteiger partial charge in [0.05, 0.1) is 0 Å². The van der Waals surface area contributed by atoms with Crippen LogP contribution in [0.4, 0.5) is 0 Å². The van der Waals surface area contributed by atoms with E-state index >= 15 is 0 Å². The Bertz CT molecular complexity index is 243. The van der Waals surface area contributed by atoms with Crippen LogP contribution in [0.25, 0.3) is 0 Å². The maximum absolute atomic E-state index is 2.52. The summed E-state index contributed by atoms with van der Waals surface area (Å²) < 4.78 is 0. The van der Waals surface area contributed by atoms with Crippen molar-refractivity contribution in [3.8, 4) is 0 Å². The van der Waals surface area contributed by atoms with E-state index in [1.807, 2.05) is 0 Å². The fraction of sp³-hybridized carbons (Fsp3) is 0.857. The van der Waals surface area contributed by atoms with Crippen LogP contribution < -0.4 is 0 Å². The highest BCUT2D eigenvalue weighted by atomic mass is 14.5. The monoisotopic (exact) mass is 190 g/mol. The third-order valence-electron chi connectivity index (χ3n) is 5.26. The Morgan fingerprint density at radius 2 is 1.57 bits per heavy atom. The van der Waals surface area contributed by atoms with E-state index < -0.39 is 0 Å². The molecule has 0 aromatic heterocycles. The minimum Gasteiger partial charge on any atom is -0.0851 e. The van der Waals surface area contributed by atoms with Crippen LogP contribution in [0.5, 0.6) is 0 Å². The maximum atomic E-state index is 2.52. The normalized spacial score (nSPS) is 55.9. The summed E-state index contributed by atoms with van der Waals surface area (Å²) in [7, 11) is 0. The SMILES string of the molecule is CC1CC(C2CC3C=CC2C3)CC1C. The number of hydrogen-bond donors (Lipinski definition) is 0. The van der Waals surface area contributed by atoms with Gasteiger partial charge in [-0.05, 0) is 61.2 Å². The summed E-state index contributed by atoms with van der Waals surface area (Å²) in [5.74, 6) is 6.06. The van der Waals surface area contributed by atoms with Crippen molar-refractivity contribution in [2.24, 2.45) is 35.5 Å². The first-order valence-electron chi connectivity index (χ1n) is 6.42. The van der Waals surface area contributed by atoms with Gasteiger partial charge in [0.2, 0.25) is 0 Å². The van der Waals surface area contributed by atoms with Gasteiger partial charge in [0.15, 0.2) is 0 Å². The molecular formula is C14H22. The Hall–Kier alpha value is -0.260. The highest BCUT2D eigenvalue weighted by molar-refractivity contribution is 5.11. The molecule has 78 valence electrons. The molecule has 0 heteroatoms. The molecule has 0 spiro atoms. The number of rotatable bonds is 1. The molecule has 3 rings (SSSR count). The topological polar surface area (TPSA) is 0 Å². The van der Waals surface area contributed by atoms with Gasteiger partial charge < -0.3 is 0 Å². The molecule has 0 radical (unpaired) electrons. The molecule has 0 aromatic carbocycles. The smallest absolute Gasteiger partial charge is 0.0197 e. The van der Waals surface area contributed by atoms with Crippen LogP contribution in [-0.2, 0) is 0 Å². The van der Waals surface area contributed by atoms with Crippen LogP contribution in [-0.4, -0.2) is 0 Å². The van der Waals surface area contributed by atoms with Crippen LogP contribution in [0.2, 0.25) is 0 Å².